The van der Waals surface area contributed by atoms with Gasteiger partial charge >= 0.3 is 12.0 Å². The highest BCUT2D eigenvalue weighted by atomic mass is 16.4. The molecular formula is C14H26N2O3. The summed E-state index contributed by atoms with van der Waals surface area (Å²) in [5, 5.41) is 11.6. The number of nitrogens with one attached hydrogen (secondary N) is 1. The molecule has 0 atom stereocenters. The Morgan fingerprint density at radius 3 is 2.53 bits per heavy atom. The van der Waals surface area contributed by atoms with Crippen LogP contribution in [0.3, 0.4) is 0 Å². The van der Waals surface area contributed by atoms with Crippen molar-refractivity contribution in [2.75, 3.05) is 13.1 Å². The first kappa shape index (κ1) is 15.8. The first-order chi connectivity index (χ1) is 8.61. The monoisotopic (exact) mass is 270 g/mol. The molecule has 5 nitrogen and oxygen atoms in total. The van der Waals surface area contributed by atoms with Gasteiger partial charge in [-0.2, -0.15) is 0 Å². The molecule has 1 rings (SSSR count). The zero-order valence-corrected chi connectivity index (χ0v) is 12.5. The highest BCUT2D eigenvalue weighted by molar-refractivity contribution is 5.75. The minimum absolute atomic E-state index is 0.0682. The Balaban J connectivity index is 2.51. The van der Waals surface area contributed by atoms with E-state index in [2.05, 4.69) is 19.2 Å². The van der Waals surface area contributed by atoms with E-state index in [0.29, 0.717) is 6.42 Å². The minimum atomic E-state index is -0.832. The molecule has 2 amide bonds. The predicted molar refractivity (Wildman–Crippen MR) is 74.1 cm³/mol. The molecule has 0 spiro atoms. The topological polar surface area (TPSA) is 69.6 Å². The van der Waals surface area contributed by atoms with E-state index in [-0.39, 0.29) is 17.9 Å². The first-order valence-electron chi connectivity index (χ1n) is 6.90. The minimum Gasteiger partial charge on any atom is -0.481 e. The van der Waals surface area contributed by atoms with Gasteiger partial charge in [-0.05, 0) is 38.5 Å². The molecule has 1 aliphatic rings. The van der Waals surface area contributed by atoms with E-state index in [4.69, 9.17) is 5.11 Å². The number of hydrogen-bond acceptors (Lipinski definition) is 2. The lowest BCUT2D eigenvalue weighted by atomic mass is 9.84. The van der Waals surface area contributed by atoms with Crippen LogP contribution >= 0.6 is 0 Å². The molecule has 110 valence electrons. The van der Waals surface area contributed by atoms with Gasteiger partial charge in [-0.1, -0.05) is 13.8 Å². The molecular weight excluding hydrogens is 244 g/mol. The van der Waals surface area contributed by atoms with Crippen molar-refractivity contribution in [1.29, 1.82) is 0 Å². The first-order valence-corrected chi connectivity index (χ1v) is 6.90. The largest absolute Gasteiger partial charge is 0.481 e. The highest BCUT2D eigenvalue weighted by Crippen LogP contribution is 2.28. The average molecular weight is 270 g/mol. The number of likely N-dealkylation sites (tertiary alicyclic amines) is 1. The number of piperidine rings is 1. The standard InChI is InChI=1S/C14H26N2O3/c1-13(2)7-5-9-16(10-13)12(19)15-14(3,4)8-6-11(17)18/h5-10H2,1-4H3,(H,15,19)(H,17,18). The fourth-order valence-corrected chi connectivity index (χ4v) is 2.45. The fourth-order valence-electron chi connectivity index (χ4n) is 2.45. The summed E-state index contributed by atoms with van der Waals surface area (Å²) in [6.07, 6.45) is 2.67. The zero-order valence-electron chi connectivity index (χ0n) is 12.5. The number of aliphatic carboxylic acids is 1. The summed E-state index contributed by atoms with van der Waals surface area (Å²) in [6.45, 7) is 9.61. The lowest BCUT2D eigenvalue weighted by Gasteiger charge is -2.39. The number of carbonyl (C=O) groups excluding carboxylic acids is 1. The van der Waals surface area contributed by atoms with Crippen molar-refractivity contribution in [1.82, 2.24) is 10.2 Å². The van der Waals surface area contributed by atoms with Crippen LogP contribution in [0.15, 0.2) is 0 Å². The second-order valence-electron chi connectivity index (χ2n) is 6.90. The number of carbonyl (C=O) groups is 2. The van der Waals surface area contributed by atoms with Gasteiger partial charge in [-0.3, -0.25) is 4.79 Å². The maximum Gasteiger partial charge on any atom is 0.317 e. The number of nitrogens with zero attached hydrogens (tertiary/aromatic N) is 1. The Bertz CT molecular complexity index is 351. The van der Waals surface area contributed by atoms with Gasteiger partial charge in [0, 0.05) is 25.0 Å². The molecule has 1 saturated heterocycles. The van der Waals surface area contributed by atoms with Crippen LogP contribution in [0, 0.1) is 5.41 Å². The number of rotatable bonds is 4. The SMILES string of the molecule is CC1(C)CCCN(C(=O)NC(C)(C)CCC(=O)O)C1. The summed E-state index contributed by atoms with van der Waals surface area (Å²) < 4.78 is 0. The molecule has 1 fully saturated rings. The van der Waals surface area contributed by atoms with Gasteiger partial charge in [0.1, 0.15) is 0 Å². The van der Waals surface area contributed by atoms with Gasteiger partial charge in [0.25, 0.3) is 0 Å². The van der Waals surface area contributed by atoms with E-state index in [1.54, 1.807) is 0 Å². The molecule has 0 unspecified atom stereocenters. The van der Waals surface area contributed by atoms with Crippen LogP contribution in [0.25, 0.3) is 0 Å². The lowest BCUT2D eigenvalue weighted by Crippen LogP contribution is -2.53. The van der Waals surface area contributed by atoms with E-state index in [9.17, 15) is 9.59 Å². The highest BCUT2D eigenvalue weighted by Gasteiger charge is 2.31. The smallest absolute Gasteiger partial charge is 0.317 e. The van der Waals surface area contributed by atoms with Crippen LogP contribution in [0.4, 0.5) is 4.79 Å². The molecule has 0 bridgehead atoms. The third kappa shape index (κ3) is 5.49. The lowest BCUT2D eigenvalue weighted by molar-refractivity contribution is -0.137. The van der Waals surface area contributed by atoms with Crippen LogP contribution in [-0.2, 0) is 4.79 Å². The predicted octanol–water partition coefficient (Wildman–Crippen LogP) is 2.46. The second kappa shape index (κ2) is 5.80. The Kier molecular flexibility index (Phi) is 4.82. The Morgan fingerprint density at radius 1 is 1.37 bits per heavy atom. The summed E-state index contributed by atoms with van der Waals surface area (Å²) in [6, 6.07) is -0.0804. The third-order valence-electron chi connectivity index (χ3n) is 3.60. The van der Waals surface area contributed by atoms with Gasteiger partial charge in [-0.25, -0.2) is 4.79 Å². The zero-order chi connectivity index (χ0) is 14.7. The Morgan fingerprint density at radius 2 is 2.00 bits per heavy atom. The molecule has 0 aromatic rings. The number of urea groups is 1. The van der Waals surface area contributed by atoms with Crippen molar-refractivity contribution >= 4 is 12.0 Å². The van der Waals surface area contributed by atoms with Gasteiger partial charge in [0.2, 0.25) is 0 Å². The van der Waals surface area contributed by atoms with Crippen LogP contribution in [0.1, 0.15) is 53.4 Å². The average Bonchev–Trinajstić information content (AvgIpc) is 2.24. The maximum atomic E-state index is 12.2. The quantitative estimate of drug-likeness (QED) is 0.824. The summed E-state index contributed by atoms with van der Waals surface area (Å²) in [5.41, 5.74) is -0.322. The molecule has 0 saturated carbocycles. The summed E-state index contributed by atoms with van der Waals surface area (Å²) >= 11 is 0. The van der Waals surface area contributed by atoms with Crippen LogP contribution in [-0.4, -0.2) is 40.6 Å². The van der Waals surface area contributed by atoms with Crippen molar-refractivity contribution < 1.29 is 14.7 Å². The van der Waals surface area contributed by atoms with E-state index < -0.39 is 11.5 Å². The van der Waals surface area contributed by atoms with E-state index >= 15 is 0 Å². The molecule has 0 aliphatic carbocycles. The second-order valence-corrected chi connectivity index (χ2v) is 6.90. The van der Waals surface area contributed by atoms with Crippen LogP contribution in [0.5, 0.6) is 0 Å². The van der Waals surface area contributed by atoms with Crippen molar-refractivity contribution in [3.63, 3.8) is 0 Å². The molecule has 1 aliphatic heterocycles. The number of hydrogen-bond donors (Lipinski definition) is 2. The van der Waals surface area contributed by atoms with E-state index in [1.807, 2.05) is 18.7 Å². The third-order valence-corrected chi connectivity index (χ3v) is 3.60. The molecule has 0 aromatic heterocycles. The van der Waals surface area contributed by atoms with Crippen molar-refractivity contribution in [3.05, 3.63) is 0 Å². The fraction of sp³-hybridized carbons (Fsp3) is 0.857. The number of carboxylic acids is 1. The molecule has 0 radical (unpaired) electrons. The normalized spacial score (nSPS) is 19.1. The van der Waals surface area contributed by atoms with Crippen molar-refractivity contribution in [3.8, 4) is 0 Å². The molecule has 1 heterocycles. The number of amides is 2. The van der Waals surface area contributed by atoms with Crippen LogP contribution < -0.4 is 5.32 Å². The summed E-state index contributed by atoms with van der Waals surface area (Å²) in [4.78, 5) is 24.6. The van der Waals surface area contributed by atoms with E-state index in [1.165, 1.54) is 0 Å². The van der Waals surface area contributed by atoms with Gasteiger partial charge < -0.3 is 15.3 Å². The van der Waals surface area contributed by atoms with Crippen molar-refractivity contribution in [2.24, 2.45) is 5.41 Å². The number of carboxylic acid groups (broad SMARTS) is 1. The van der Waals surface area contributed by atoms with Gasteiger partial charge in [0.15, 0.2) is 0 Å². The molecule has 5 heteroatoms. The summed E-state index contributed by atoms with van der Waals surface area (Å²) in [7, 11) is 0. The van der Waals surface area contributed by atoms with Gasteiger partial charge in [-0.15, -0.1) is 0 Å². The van der Waals surface area contributed by atoms with E-state index in [0.717, 1.165) is 25.9 Å². The Labute approximate surface area is 115 Å². The van der Waals surface area contributed by atoms with Gasteiger partial charge in [0.05, 0.1) is 0 Å². The molecule has 0 aromatic carbocycles. The maximum absolute atomic E-state index is 12.2. The van der Waals surface area contributed by atoms with Crippen LogP contribution in [0.2, 0.25) is 0 Å². The van der Waals surface area contributed by atoms with Crippen molar-refractivity contribution in [2.45, 2.75) is 58.9 Å². The molecule has 19 heavy (non-hydrogen) atoms. The molecule has 2 N–H and O–H groups in total. The Hall–Kier alpha value is -1.26. The summed E-state index contributed by atoms with van der Waals surface area (Å²) in [5.74, 6) is -0.832.